The van der Waals surface area contributed by atoms with Crippen molar-refractivity contribution >= 4 is 37.2 Å². The third-order valence-electron chi connectivity index (χ3n) is 4.33. The summed E-state index contributed by atoms with van der Waals surface area (Å²) in [5, 5.41) is 1.89. The van der Waals surface area contributed by atoms with Crippen LogP contribution in [0.5, 0.6) is 0 Å². The Morgan fingerprint density at radius 2 is 1.89 bits per heavy atom. The van der Waals surface area contributed by atoms with E-state index in [-0.39, 0.29) is 0 Å². The molecule has 154 valence electrons. The number of alkyl halides is 3. The number of likely N-dealkylation sites (tertiary alicyclic amines) is 1. The molecule has 0 spiro atoms. The first kappa shape index (κ1) is 22.2. The number of nitrogens with one attached hydrogen (secondary N) is 1. The Morgan fingerprint density at radius 3 is 2.46 bits per heavy atom. The van der Waals surface area contributed by atoms with Gasteiger partial charge >= 0.3 is 167 Å². The van der Waals surface area contributed by atoms with Gasteiger partial charge in [0.2, 0.25) is 0 Å². The van der Waals surface area contributed by atoms with Gasteiger partial charge in [-0.1, -0.05) is 0 Å². The molecule has 1 aliphatic rings. The molecule has 10 heteroatoms. The predicted molar refractivity (Wildman–Crippen MR) is 96.0 cm³/mol. The van der Waals surface area contributed by atoms with Gasteiger partial charge in [0.25, 0.3) is 0 Å². The molecule has 1 fully saturated rings. The number of esters is 1. The second-order valence-electron chi connectivity index (χ2n) is 6.32. The fraction of sp³-hybridized carbons (Fsp3) is 0.500. The van der Waals surface area contributed by atoms with Crippen molar-refractivity contribution in [1.29, 1.82) is 0 Å². The third kappa shape index (κ3) is 5.48. The summed E-state index contributed by atoms with van der Waals surface area (Å²) in [4.78, 5) is 36.9. The Kier molecular flexibility index (Phi) is 7.48. The standard InChI is InChI=1S/C18H21F3N2O4Se/c1-11(22-17(26)18(19,20)21)14(28-12-7-4-3-5-8-12)15(24)23-10-6-9-13(23)16(25)27-2/h3-5,7-8,11,13-14H,6,9-10H2,1-2H3,(H,22,26)/t11-,13-,14-/m0/s1. The zero-order chi connectivity index (χ0) is 20.9. The first-order chi connectivity index (χ1) is 13.1. The summed E-state index contributed by atoms with van der Waals surface area (Å²) in [5.74, 6) is -3.09. The van der Waals surface area contributed by atoms with Gasteiger partial charge in [0.1, 0.15) is 0 Å². The van der Waals surface area contributed by atoms with E-state index < -0.39 is 55.8 Å². The molecule has 2 rings (SSSR count). The second-order valence-corrected chi connectivity index (χ2v) is 8.87. The van der Waals surface area contributed by atoms with Gasteiger partial charge in [-0.25, -0.2) is 0 Å². The predicted octanol–water partition coefficient (Wildman–Crippen LogP) is 1.04. The van der Waals surface area contributed by atoms with E-state index in [4.69, 9.17) is 4.74 Å². The number of carbonyl (C=O) groups excluding carboxylic acids is 3. The van der Waals surface area contributed by atoms with Crippen LogP contribution in [-0.4, -0.2) is 69.6 Å². The molecule has 1 saturated heterocycles. The Labute approximate surface area is 166 Å². The number of benzene rings is 1. The van der Waals surface area contributed by atoms with Crippen molar-refractivity contribution in [1.82, 2.24) is 10.2 Å². The second kappa shape index (κ2) is 9.43. The fourth-order valence-corrected chi connectivity index (χ4v) is 5.29. The molecule has 1 heterocycles. The number of halogens is 3. The normalized spacial score (nSPS) is 19.0. The summed E-state index contributed by atoms with van der Waals surface area (Å²) in [5.41, 5.74) is 0. The Hall–Kier alpha value is -2.06. The molecule has 1 aliphatic heterocycles. The van der Waals surface area contributed by atoms with Crippen LogP contribution in [0.4, 0.5) is 13.2 Å². The average molecular weight is 465 g/mol. The van der Waals surface area contributed by atoms with Crippen LogP contribution in [0.3, 0.4) is 0 Å². The molecule has 1 N–H and O–H groups in total. The van der Waals surface area contributed by atoms with Crippen LogP contribution in [0, 0.1) is 0 Å². The summed E-state index contributed by atoms with van der Waals surface area (Å²) >= 11 is -0.556. The van der Waals surface area contributed by atoms with Crippen LogP contribution in [0.2, 0.25) is 4.82 Å². The number of carbonyl (C=O) groups is 3. The van der Waals surface area contributed by atoms with Gasteiger partial charge in [0, 0.05) is 0 Å². The number of amides is 2. The fourth-order valence-electron chi connectivity index (χ4n) is 2.95. The molecule has 0 saturated carbocycles. The molecule has 0 aromatic heterocycles. The number of hydrogen-bond donors (Lipinski definition) is 1. The molecule has 1 aromatic carbocycles. The van der Waals surface area contributed by atoms with E-state index in [2.05, 4.69) is 0 Å². The summed E-state index contributed by atoms with van der Waals surface area (Å²) in [6.07, 6.45) is -4.00. The monoisotopic (exact) mass is 466 g/mol. The van der Waals surface area contributed by atoms with E-state index in [0.717, 1.165) is 4.46 Å². The van der Waals surface area contributed by atoms with E-state index >= 15 is 0 Å². The van der Waals surface area contributed by atoms with Crippen LogP contribution in [0.15, 0.2) is 30.3 Å². The van der Waals surface area contributed by atoms with Crippen molar-refractivity contribution in [3.63, 3.8) is 0 Å². The van der Waals surface area contributed by atoms with Gasteiger partial charge in [-0.3, -0.25) is 0 Å². The summed E-state index contributed by atoms with van der Waals surface area (Å²) < 4.78 is 43.5. The van der Waals surface area contributed by atoms with E-state index in [0.29, 0.717) is 19.4 Å². The van der Waals surface area contributed by atoms with Gasteiger partial charge in [-0.15, -0.1) is 0 Å². The minimum atomic E-state index is -5.04. The summed E-state index contributed by atoms with van der Waals surface area (Å²) in [6.45, 7) is 1.69. The topological polar surface area (TPSA) is 75.7 Å². The molecule has 0 aliphatic carbocycles. The molecule has 2 amide bonds. The molecule has 28 heavy (non-hydrogen) atoms. The van der Waals surface area contributed by atoms with Gasteiger partial charge in [-0.2, -0.15) is 0 Å². The average Bonchev–Trinajstić information content (AvgIpc) is 3.14. The van der Waals surface area contributed by atoms with Crippen molar-refractivity contribution in [3.05, 3.63) is 30.3 Å². The van der Waals surface area contributed by atoms with Gasteiger partial charge in [0.15, 0.2) is 0 Å². The summed E-state index contributed by atoms with van der Waals surface area (Å²) in [6, 6.07) is 7.08. The van der Waals surface area contributed by atoms with Crippen molar-refractivity contribution in [3.8, 4) is 0 Å². The van der Waals surface area contributed by atoms with Crippen LogP contribution in [0.1, 0.15) is 19.8 Å². The van der Waals surface area contributed by atoms with Crippen LogP contribution in [0.25, 0.3) is 0 Å². The van der Waals surface area contributed by atoms with Crippen molar-refractivity contribution in [2.45, 2.75) is 42.8 Å². The Balaban J connectivity index is 2.25. The molecular formula is C18H21F3N2O4Se. The first-order valence-corrected chi connectivity index (χ1v) is 10.5. The Morgan fingerprint density at radius 1 is 1.25 bits per heavy atom. The molecule has 0 radical (unpaired) electrons. The SMILES string of the molecule is COC(=O)[C@@H]1CCCN1C(=O)[C@@H]([Se]c1ccccc1)[C@H](C)NC(=O)C(F)(F)F. The van der Waals surface area contributed by atoms with Gasteiger partial charge in [0.05, 0.1) is 0 Å². The van der Waals surface area contributed by atoms with Crippen molar-refractivity contribution in [2.75, 3.05) is 13.7 Å². The third-order valence-corrected chi connectivity index (χ3v) is 7.28. The maximum absolute atomic E-state index is 13.2. The van der Waals surface area contributed by atoms with Crippen LogP contribution < -0.4 is 9.78 Å². The Bertz CT molecular complexity index is 715. The maximum atomic E-state index is 13.2. The van der Waals surface area contributed by atoms with Gasteiger partial charge < -0.3 is 0 Å². The molecule has 3 atom stereocenters. The summed E-state index contributed by atoms with van der Waals surface area (Å²) in [7, 11) is 1.22. The van der Waals surface area contributed by atoms with E-state index in [9.17, 15) is 27.6 Å². The van der Waals surface area contributed by atoms with Crippen LogP contribution >= 0.6 is 0 Å². The number of ether oxygens (including phenoxy) is 1. The molecule has 1 aromatic rings. The van der Waals surface area contributed by atoms with Crippen molar-refractivity contribution in [2.24, 2.45) is 0 Å². The first-order valence-electron chi connectivity index (χ1n) is 8.63. The van der Waals surface area contributed by atoms with E-state index in [1.165, 1.54) is 18.9 Å². The number of rotatable bonds is 6. The molecule has 6 nitrogen and oxygen atoms in total. The van der Waals surface area contributed by atoms with E-state index in [1.807, 2.05) is 5.32 Å². The molecule has 0 unspecified atom stereocenters. The van der Waals surface area contributed by atoms with Crippen LogP contribution in [-0.2, 0) is 19.1 Å². The molecular weight excluding hydrogens is 444 g/mol. The quantitative estimate of drug-likeness (QED) is 0.503. The van der Waals surface area contributed by atoms with Gasteiger partial charge in [-0.05, 0) is 0 Å². The number of methoxy groups -OCH3 is 1. The molecule has 0 bridgehead atoms. The minimum absolute atomic E-state index is 0.319. The zero-order valence-electron chi connectivity index (χ0n) is 15.4. The van der Waals surface area contributed by atoms with E-state index in [1.54, 1.807) is 30.3 Å². The van der Waals surface area contributed by atoms with Crippen molar-refractivity contribution < 1.29 is 32.3 Å². The number of nitrogens with zero attached hydrogens (tertiary/aromatic N) is 1. The number of hydrogen-bond acceptors (Lipinski definition) is 4. The zero-order valence-corrected chi connectivity index (χ0v) is 17.1.